The molecule has 6 nitrogen and oxygen atoms in total. The van der Waals surface area contributed by atoms with Gasteiger partial charge in [0.05, 0.1) is 29.0 Å². The lowest BCUT2D eigenvalue weighted by atomic mass is 10.2. The molecule has 1 amide bonds. The van der Waals surface area contributed by atoms with Crippen LogP contribution in [0.4, 0.5) is 13.2 Å². The molecule has 1 fully saturated rings. The molecule has 0 saturated heterocycles. The average molecular weight is 404 g/mol. The number of fused-ring (bicyclic) bond motifs is 1. The first-order chi connectivity index (χ1) is 13.8. The molecule has 4 rings (SSSR count). The molecule has 0 unspecified atom stereocenters. The Kier molecular flexibility index (Phi) is 4.89. The monoisotopic (exact) mass is 404 g/mol. The van der Waals surface area contributed by atoms with Crippen LogP contribution in [0.2, 0.25) is 0 Å². The molecular formula is C20H19F3N4O2. The van der Waals surface area contributed by atoms with E-state index >= 15 is 0 Å². The van der Waals surface area contributed by atoms with Crippen molar-refractivity contribution in [1.29, 1.82) is 0 Å². The van der Waals surface area contributed by atoms with Gasteiger partial charge in [-0.25, -0.2) is 4.98 Å². The van der Waals surface area contributed by atoms with Gasteiger partial charge in [-0.1, -0.05) is 12.1 Å². The van der Waals surface area contributed by atoms with E-state index in [0.717, 1.165) is 23.3 Å². The summed E-state index contributed by atoms with van der Waals surface area (Å²) in [6, 6.07) is 10.3. The van der Waals surface area contributed by atoms with Crippen LogP contribution in [0.15, 0.2) is 42.6 Å². The van der Waals surface area contributed by atoms with Crippen LogP contribution < -0.4 is 10.1 Å². The lowest BCUT2D eigenvalue weighted by Gasteiger charge is -2.14. The molecule has 2 heterocycles. The van der Waals surface area contributed by atoms with Crippen LogP contribution in [0, 0.1) is 5.92 Å². The van der Waals surface area contributed by atoms with E-state index in [1.807, 2.05) is 24.3 Å². The van der Waals surface area contributed by atoms with Gasteiger partial charge in [0.2, 0.25) is 5.91 Å². The van der Waals surface area contributed by atoms with Crippen LogP contribution in [0.5, 0.6) is 5.75 Å². The number of ether oxygens (including phenoxy) is 1. The van der Waals surface area contributed by atoms with E-state index in [1.165, 1.54) is 12.3 Å². The number of aromatic amines is 1. The van der Waals surface area contributed by atoms with Gasteiger partial charge < -0.3 is 15.0 Å². The van der Waals surface area contributed by atoms with Crippen molar-refractivity contribution in [2.45, 2.75) is 31.5 Å². The van der Waals surface area contributed by atoms with Crippen LogP contribution in [0.1, 0.15) is 36.8 Å². The summed E-state index contributed by atoms with van der Waals surface area (Å²) < 4.78 is 41.2. The summed E-state index contributed by atoms with van der Waals surface area (Å²) in [6.07, 6.45) is -2.46. The SMILES string of the molecule is C[C@@H](NC(=O)[C@@H]1C[C@H]1c1nc2ccccc2[nH]1)c1ccc(OCC(F)(F)F)cn1. The summed E-state index contributed by atoms with van der Waals surface area (Å²) in [5.41, 5.74) is 2.36. The van der Waals surface area contributed by atoms with Crippen molar-refractivity contribution >= 4 is 16.9 Å². The summed E-state index contributed by atoms with van der Waals surface area (Å²) in [4.78, 5) is 24.4. The highest BCUT2D eigenvalue weighted by atomic mass is 19.4. The number of hydrogen-bond donors (Lipinski definition) is 2. The van der Waals surface area contributed by atoms with Gasteiger partial charge in [0.1, 0.15) is 11.6 Å². The number of benzene rings is 1. The van der Waals surface area contributed by atoms with Crippen molar-refractivity contribution in [2.75, 3.05) is 6.61 Å². The zero-order valence-electron chi connectivity index (χ0n) is 15.5. The highest BCUT2D eigenvalue weighted by Gasteiger charge is 2.46. The molecule has 2 N–H and O–H groups in total. The molecule has 0 spiro atoms. The van der Waals surface area contributed by atoms with E-state index in [0.29, 0.717) is 5.69 Å². The minimum absolute atomic E-state index is 0.0248. The quantitative estimate of drug-likeness (QED) is 0.654. The number of halogens is 3. The Morgan fingerprint density at radius 3 is 2.79 bits per heavy atom. The van der Waals surface area contributed by atoms with Gasteiger partial charge in [-0.2, -0.15) is 13.2 Å². The maximum Gasteiger partial charge on any atom is 0.422 e. The number of pyridine rings is 1. The summed E-state index contributed by atoms with van der Waals surface area (Å²) >= 11 is 0. The largest absolute Gasteiger partial charge is 0.483 e. The predicted octanol–water partition coefficient (Wildman–Crippen LogP) is 3.88. The van der Waals surface area contributed by atoms with Crippen LogP contribution in [-0.2, 0) is 4.79 Å². The Bertz CT molecular complexity index is 983. The maximum absolute atomic E-state index is 12.5. The number of rotatable bonds is 6. The molecule has 0 bridgehead atoms. The molecule has 1 saturated carbocycles. The lowest BCUT2D eigenvalue weighted by Crippen LogP contribution is -2.29. The van der Waals surface area contributed by atoms with Crippen molar-refractivity contribution in [3.8, 4) is 5.75 Å². The summed E-state index contributed by atoms with van der Waals surface area (Å²) in [5.74, 6) is 0.635. The fraction of sp³-hybridized carbons (Fsp3) is 0.350. The minimum Gasteiger partial charge on any atom is -0.483 e. The van der Waals surface area contributed by atoms with Crippen molar-refractivity contribution in [3.05, 3.63) is 54.1 Å². The van der Waals surface area contributed by atoms with Crippen molar-refractivity contribution in [2.24, 2.45) is 5.92 Å². The van der Waals surface area contributed by atoms with Crippen LogP contribution in [-0.4, -0.2) is 33.6 Å². The van der Waals surface area contributed by atoms with Gasteiger partial charge in [-0.15, -0.1) is 0 Å². The third-order valence-corrected chi connectivity index (χ3v) is 4.85. The van der Waals surface area contributed by atoms with E-state index < -0.39 is 12.8 Å². The van der Waals surface area contributed by atoms with Crippen LogP contribution in [0.25, 0.3) is 11.0 Å². The Hall–Kier alpha value is -3.10. The maximum atomic E-state index is 12.5. The molecule has 1 aliphatic rings. The molecule has 152 valence electrons. The van der Waals surface area contributed by atoms with Crippen molar-refractivity contribution in [3.63, 3.8) is 0 Å². The number of para-hydroxylation sites is 2. The molecule has 2 aromatic heterocycles. The molecule has 9 heteroatoms. The summed E-state index contributed by atoms with van der Waals surface area (Å²) in [6.45, 7) is 0.403. The molecule has 3 atom stereocenters. The lowest BCUT2D eigenvalue weighted by molar-refractivity contribution is -0.153. The average Bonchev–Trinajstić information content (AvgIpc) is 3.38. The molecule has 0 aliphatic heterocycles. The van der Waals surface area contributed by atoms with Gasteiger partial charge in [-0.05, 0) is 37.6 Å². The Morgan fingerprint density at radius 2 is 2.10 bits per heavy atom. The second-order valence-electron chi connectivity index (χ2n) is 7.14. The van der Waals surface area contributed by atoms with E-state index in [1.54, 1.807) is 13.0 Å². The van der Waals surface area contributed by atoms with Crippen molar-refractivity contribution in [1.82, 2.24) is 20.3 Å². The number of imidazole rings is 1. The molecule has 1 aromatic carbocycles. The number of alkyl halides is 3. The number of amides is 1. The number of nitrogens with one attached hydrogen (secondary N) is 2. The number of hydrogen-bond acceptors (Lipinski definition) is 4. The van der Waals surface area contributed by atoms with Crippen molar-refractivity contribution < 1.29 is 22.7 Å². The Balaban J connectivity index is 1.33. The second kappa shape index (κ2) is 7.38. The van der Waals surface area contributed by atoms with Crippen LogP contribution >= 0.6 is 0 Å². The number of carbonyl (C=O) groups excluding carboxylic acids is 1. The summed E-state index contributed by atoms with van der Waals surface area (Å²) in [7, 11) is 0. The first-order valence-electron chi connectivity index (χ1n) is 9.21. The molecule has 3 aromatic rings. The standard InChI is InChI=1S/C20H19F3N4O2/c1-11(15-7-6-12(9-24-15)29-10-20(21,22)23)25-19(28)14-8-13(14)18-26-16-4-2-3-5-17(16)27-18/h2-7,9,11,13-14H,8,10H2,1H3,(H,25,28)(H,26,27)/t11-,13-,14-/m1/s1. The molecule has 1 aliphatic carbocycles. The van der Waals surface area contributed by atoms with Crippen LogP contribution in [0.3, 0.4) is 0 Å². The zero-order valence-corrected chi connectivity index (χ0v) is 15.5. The first kappa shape index (κ1) is 19.2. The number of nitrogens with zero attached hydrogens (tertiary/aromatic N) is 2. The minimum atomic E-state index is -4.40. The topological polar surface area (TPSA) is 79.9 Å². The predicted molar refractivity (Wildman–Crippen MR) is 99.3 cm³/mol. The third-order valence-electron chi connectivity index (χ3n) is 4.85. The van der Waals surface area contributed by atoms with Gasteiger partial charge in [0.25, 0.3) is 0 Å². The van der Waals surface area contributed by atoms with E-state index in [4.69, 9.17) is 0 Å². The number of aromatic nitrogens is 3. The fourth-order valence-corrected chi connectivity index (χ4v) is 3.23. The van der Waals surface area contributed by atoms with Gasteiger partial charge in [0, 0.05) is 11.8 Å². The van der Waals surface area contributed by atoms with Gasteiger partial charge in [0.15, 0.2) is 6.61 Å². The Labute approximate surface area is 164 Å². The second-order valence-corrected chi connectivity index (χ2v) is 7.14. The third kappa shape index (κ3) is 4.49. The Morgan fingerprint density at radius 1 is 1.31 bits per heavy atom. The van der Waals surface area contributed by atoms with Gasteiger partial charge >= 0.3 is 6.18 Å². The first-order valence-corrected chi connectivity index (χ1v) is 9.21. The smallest absolute Gasteiger partial charge is 0.422 e. The molecular weight excluding hydrogens is 385 g/mol. The fourth-order valence-electron chi connectivity index (χ4n) is 3.23. The molecule has 0 radical (unpaired) electrons. The normalized spacial score (nSPS) is 19.7. The molecule has 29 heavy (non-hydrogen) atoms. The van der Waals surface area contributed by atoms with Gasteiger partial charge in [-0.3, -0.25) is 9.78 Å². The zero-order chi connectivity index (χ0) is 20.6. The summed E-state index contributed by atoms with van der Waals surface area (Å²) in [5, 5.41) is 2.90. The highest BCUT2D eigenvalue weighted by Crippen LogP contribution is 2.47. The van der Waals surface area contributed by atoms with E-state index in [9.17, 15) is 18.0 Å². The number of H-pyrrole nitrogens is 1. The highest BCUT2D eigenvalue weighted by molar-refractivity contribution is 5.83. The number of carbonyl (C=O) groups is 1. The van der Waals surface area contributed by atoms with E-state index in [2.05, 4.69) is 25.0 Å². The van der Waals surface area contributed by atoms with E-state index in [-0.39, 0.29) is 29.5 Å².